The highest BCUT2D eigenvalue weighted by atomic mass is 32.2. The van der Waals surface area contributed by atoms with Gasteiger partial charge in [0.05, 0.1) is 10.9 Å². The van der Waals surface area contributed by atoms with Crippen LogP contribution in [-0.4, -0.2) is 36.9 Å². The molecule has 2 aliphatic heterocycles. The van der Waals surface area contributed by atoms with E-state index in [0.29, 0.717) is 10.6 Å². The summed E-state index contributed by atoms with van der Waals surface area (Å²) in [4.78, 5) is 2.24. The number of rotatable bonds is 2. The smallest absolute Gasteiger partial charge is 0.245 e. The number of nitrogens with zero attached hydrogens (tertiary/aromatic N) is 2. The van der Waals surface area contributed by atoms with E-state index >= 15 is 0 Å². The van der Waals surface area contributed by atoms with Crippen molar-refractivity contribution in [1.29, 1.82) is 0 Å². The molecule has 1 fully saturated rings. The highest BCUT2D eigenvalue weighted by molar-refractivity contribution is 7.89. The number of nitrogens with two attached hydrogens (primary N) is 1. The molecule has 0 radical (unpaired) electrons. The molecule has 0 saturated carbocycles. The number of hydrogen-bond donors (Lipinski definition) is 1. The van der Waals surface area contributed by atoms with E-state index in [-0.39, 0.29) is 12.2 Å². The fraction of sp³-hybridized carbons (Fsp3) is 0.333. The molecular formula is C12H15N3O2S. The molecule has 1 aromatic rings. The topological polar surface area (TPSA) is 66.4 Å². The monoisotopic (exact) mass is 265 g/mol. The minimum Gasteiger partial charge on any atom is -0.399 e. The molecule has 0 aliphatic carbocycles. The molecule has 96 valence electrons. The first-order chi connectivity index (χ1) is 8.51. The Morgan fingerprint density at radius 1 is 1.28 bits per heavy atom. The fourth-order valence-electron chi connectivity index (χ4n) is 2.46. The standard InChI is InChI=1S/C12H15N3O2S/c1-14-8-2-3-11-12(14)15(11)18(16,17)10-6-4-9(13)5-7-10/h2,4-8,11-12H,3,13H2,1H3. The van der Waals surface area contributed by atoms with Gasteiger partial charge in [0.25, 0.3) is 0 Å². The van der Waals surface area contributed by atoms with Gasteiger partial charge in [-0.25, -0.2) is 8.42 Å². The first-order valence-electron chi connectivity index (χ1n) is 5.79. The van der Waals surface area contributed by atoms with Gasteiger partial charge in [0.1, 0.15) is 6.17 Å². The van der Waals surface area contributed by atoms with Gasteiger partial charge in [-0.15, -0.1) is 0 Å². The van der Waals surface area contributed by atoms with E-state index in [9.17, 15) is 8.42 Å². The first-order valence-corrected chi connectivity index (χ1v) is 7.23. The molecule has 0 amide bonds. The van der Waals surface area contributed by atoms with Crippen LogP contribution in [0.2, 0.25) is 0 Å². The summed E-state index contributed by atoms with van der Waals surface area (Å²) in [6.07, 6.45) is 4.68. The minimum absolute atomic E-state index is 0.0300. The number of hydrogen-bond acceptors (Lipinski definition) is 4. The zero-order chi connectivity index (χ0) is 12.9. The van der Waals surface area contributed by atoms with E-state index in [2.05, 4.69) is 0 Å². The second kappa shape index (κ2) is 3.73. The summed E-state index contributed by atoms with van der Waals surface area (Å²) in [5.74, 6) is 0. The van der Waals surface area contributed by atoms with E-state index in [1.165, 1.54) is 0 Å². The normalized spacial score (nSPS) is 30.1. The molecule has 1 aromatic carbocycles. The highest BCUT2D eigenvalue weighted by Gasteiger charge is 2.57. The van der Waals surface area contributed by atoms with Crippen LogP contribution < -0.4 is 5.73 Å². The largest absolute Gasteiger partial charge is 0.399 e. The molecule has 1 saturated heterocycles. The molecule has 6 heteroatoms. The zero-order valence-corrected chi connectivity index (χ0v) is 10.8. The summed E-state index contributed by atoms with van der Waals surface area (Å²) in [6.45, 7) is 0. The lowest BCUT2D eigenvalue weighted by Gasteiger charge is -2.15. The molecule has 2 aliphatic rings. The van der Waals surface area contributed by atoms with Gasteiger partial charge in [-0.3, -0.25) is 0 Å². The molecule has 0 spiro atoms. The van der Waals surface area contributed by atoms with Crippen LogP contribution in [0.1, 0.15) is 6.42 Å². The third-order valence-corrected chi connectivity index (χ3v) is 5.34. The van der Waals surface area contributed by atoms with E-state index in [0.717, 1.165) is 6.42 Å². The van der Waals surface area contributed by atoms with Gasteiger partial charge < -0.3 is 10.6 Å². The van der Waals surface area contributed by atoms with Gasteiger partial charge in [0, 0.05) is 12.7 Å². The van der Waals surface area contributed by atoms with E-state index in [1.54, 1.807) is 28.6 Å². The first kappa shape index (κ1) is 11.6. The van der Waals surface area contributed by atoms with E-state index in [1.807, 2.05) is 24.2 Å². The van der Waals surface area contributed by atoms with Crippen molar-refractivity contribution in [1.82, 2.24) is 9.21 Å². The van der Waals surface area contributed by atoms with Gasteiger partial charge in [0.15, 0.2) is 0 Å². The van der Waals surface area contributed by atoms with Crippen LogP contribution in [0.15, 0.2) is 41.4 Å². The molecule has 2 heterocycles. The summed E-state index contributed by atoms with van der Waals surface area (Å²) < 4.78 is 26.5. The van der Waals surface area contributed by atoms with Crippen LogP contribution in [0.25, 0.3) is 0 Å². The van der Waals surface area contributed by atoms with Gasteiger partial charge in [-0.1, -0.05) is 6.08 Å². The van der Waals surface area contributed by atoms with Crippen LogP contribution in [0.5, 0.6) is 0 Å². The van der Waals surface area contributed by atoms with Crippen LogP contribution in [0.4, 0.5) is 5.69 Å². The Bertz CT molecular complexity index is 594. The molecule has 3 unspecified atom stereocenters. The van der Waals surface area contributed by atoms with Crippen molar-refractivity contribution < 1.29 is 8.42 Å². The Hall–Kier alpha value is -1.53. The number of benzene rings is 1. The molecular weight excluding hydrogens is 250 g/mol. The molecule has 5 nitrogen and oxygen atoms in total. The van der Waals surface area contributed by atoms with Gasteiger partial charge in [-0.2, -0.15) is 4.31 Å². The van der Waals surface area contributed by atoms with Crippen molar-refractivity contribution in [3.05, 3.63) is 36.5 Å². The Balaban J connectivity index is 1.91. The Kier molecular flexibility index (Phi) is 2.39. The maximum atomic E-state index is 12.4. The minimum atomic E-state index is -3.40. The lowest BCUT2D eigenvalue weighted by molar-refractivity contribution is 0.388. The van der Waals surface area contributed by atoms with Crippen LogP contribution >= 0.6 is 0 Å². The summed E-state index contributed by atoms with van der Waals surface area (Å²) in [5, 5.41) is 0. The molecule has 3 rings (SSSR count). The average molecular weight is 265 g/mol. The van der Waals surface area contributed by atoms with Crippen molar-refractivity contribution in [3.8, 4) is 0 Å². The lowest BCUT2D eigenvalue weighted by Crippen LogP contribution is -2.23. The Morgan fingerprint density at radius 3 is 2.56 bits per heavy atom. The number of sulfonamides is 1. The number of anilines is 1. The zero-order valence-electron chi connectivity index (χ0n) is 10.0. The summed E-state index contributed by atoms with van der Waals surface area (Å²) in [5.41, 5.74) is 6.14. The maximum Gasteiger partial charge on any atom is 0.245 e. The molecule has 18 heavy (non-hydrogen) atoms. The summed E-state index contributed by atoms with van der Waals surface area (Å²) >= 11 is 0. The van der Waals surface area contributed by atoms with Crippen LogP contribution in [0, 0.1) is 0 Å². The van der Waals surface area contributed by atoms with Gasteiger partial charge in [0.2, 0.25) is 10.0 Å². The SMILES string of the molecule is CN1C=CCC2C1N2S(=O)(=O)c1ccc(N)cc1. The second-order valence-electron chi connectivity index (χ2n) is 4.67. The third-order valence-electron chi connectivity index (χ3n) is 3.43. The van der Waals surface area contributed by atoms with Crippen LogP contribution in [-0.2, 0) is 10.0 Å². The highest BCUT2D eigenvalue weighted by Crippen LogP contribution is 2.41. The lowest BCUT2D eigenvalue weighted by atomic mass is 10.2. The molecule has 0 bridgehead atoms. The molecule has 0 aromatic heterocycles. The quantitative estimate of drug-likeness (QED) is 0.635. The molecule has 2 N–H and O–H groups in total. The third kappa shape index (κ3) is 1.60. The predicted octanol–water partition coefficient (Wildman–Crippen LogP) is 0.817. The Labute approximate surface area is 107 Å². The van der Waals surface area contributed by atoms with Gasteiger partial charge >= 0.3 is 0 Å². The molecule has 3 atom stereocenters. The van der Waals surface area contributed by atoms with Gasteiger partial charge in [-0.05, 0) is 36.9 Å². The second-order valence-corrected chi connectivity index (χ2v) is 6.51. The van der Waals surface area contributed by atoms with E-state index in [4.69, 9.17) is 5.73 Å². The van der Waals surface area contributed by atoms with Crippen molar-refractivity contribution in [3.63, 3.8) is 0 Å². The van der Waals surface area contributed by atoms with Crippen molar-refractivity contribution in [2.45, 2.75) is 23.5 Å². The maximum absolute atomic E-state index is 12.4. The average Bonchev–Trinajstić information content (AvgIpc) is 3.06. The van der Waals surface area contributed by atoms with Crippen molar-refractivity contribution in [2.75, 3.05) is 12.8 Å². The fourth-order valence-corrected chi connectivity index (χ4v) is 4.25. The number of likely N-dealkylation sites (N-methyl/N-ethyl adjacent to an activating group) is 1. The summed E-state index contributed by atoms with van der Waals surface area (Å²) in [6, 6.07) is 6.41. The van der Waals surface area contributed by atoms with Crippen molar-refractivity contribution >= 4 is 15.7 Å². The van der Waals surface area contributed by atoms with Crippen LogP contribution in [0.3, 0.4) is 0 Å². The number of fused-ring (bicyclic) bond motifs is 1. The van der Waals surface area contributed by atoms with Crippen molar-refractivity contribution in [2.24, 2.45) is 0 Å². The number of nitrogen functional groups attached to an aromatic ring is 1. The summed E-state index contributed by atoms with van der Waals surface area (Å²) in [7, 11) is -1.51. The predicted molar refractivity (Wildman–Crippen MR) is 69.0 cm³/mol. The van der Waals surface area contributed by atoms with E-state index < -0.39 is 10.0 Å². The Morgan fingerprint density at radius 2 is 1.94 bits per heavy atom.